The van der Waals surface area contributed by atoms with Crippen molar-refractivity contribution in [3.8, 4) is 0 Å². The van der Waals surface area contributed by atoms with Gasteiger partial charge in [0.2, 0.25) is 10.0 Å². The van der Waals surface area contributed by atoms with Gasteiger partial charge in [0, 0.05) is 13.1 Å². The minimum Gasteiger partial charge on any atom is -0.372 e. The van der Waals surface area contributed by atoms with Crippen molar-refractivity contribution in [1.82, 2.24) is 9.29 Å². The molecule has 0 bridgehead atoms. The van der Waals surface area contributed by atoms with Crippen LogP contribution in [0.1, 0.15) is 12.5 Å². The lowest BCUT2D eigenvalue weighted by Gasteiger charge is -2.09. The van der Waals surface area contributed by atoms with Gasteiger partial charge >= 0.3 is 11.4 Å². The van der Waals surface area contributed by atoms with Gasteiger partial charge in [0.05, 0.1) is 15.8 Å². The summed E-state index contributed by atoms with van der Waals surface area (Å²) in [5.41, 5.74) is 0.509. The molecule has 136 valence electrons. The highest BCUT2D eigenvalue weighted by molar-refractivity contribution is 7.89. The third kappa shape index (κ3) is 3.61. The van der Waals surface area contributed by atoms with Crippen molar-refractivity contribution >= 4 is 20.9 Å². The van der Waals surface area contributed by atoms with E-state index in [1.54, 1.807) is 6.92 Å². The average Bonchev–Trinajstić information content (AvgIpc) is 2.62. The number of nitrogens with one attached hydrogen (secondary N) is 1. The van der Waals surface area contributed by atoms with Crippen molar-refractivity contribution < 1.29 is 12.8 Å². The van der Waals surface area contributed by atoms with Gasteiger partial charge in [0.15, 0.2) is 0 Å². The summed E-state index contributed by atoms with van der Waals surface area (Å²) in [6.45, 7) is 2.27. The fourth-order valence-electron chi connectivity index (χ4n) is 2.73. The maximum Gasteiger partial charge on any atom is 0.422 e. The van der Waals surface area contributed by atoms with E-state index in [1.165, 1.54) is 22.8 Å². The van der Waals surface area contributed by atoms with E-state index in [0.717, 1.165) is 5.56 Å². The van der Waals surface area contributed by atoms with E-state index < -0.39 is 21.4 Å². The number of sulfonamides is 1. The first kappa shape index (κ1) is 18.1. The Morgan fingerprint density at radius 3 is 2.50 bits per heavy atom. The second-order valence-corrected chi connectivity index (χ2v) is 7.48. The molecule has 0 spiro atoms. The standard InChI is InChI=1S/C18H18N2O5S/c1-2-20-16-9-8-14(12-15(16)17(21)25-18(20)22)26(23,24)19-11-10-13-6-4-3-5-7-13/h3-9,12,19H,2,10-11H2,1H3. The van der Waals surface area contributed by atoms with Crippen molar-refractivity contribution in [2.45, 2.75) is 24.8 Å². The summed E-state index contributed by atoms with van der Waals surface area (Å²) in [5, 5.41) is 0.0531. The van der Waals surface area contributed by atoms with Gasteiger partial charge in [-0.25, -0.2) is 22.7 Å². The first-order valence-electron chi connectivity index (χ1n) is 8.13. The van der Waals surface area contributed by atoms with Gasteiger partial charge in [-0.2, -0.15) is 0 Å². The second kappa shape index (κ2) is 7.27. The van der Waals surface area contributed by atoms with Gasteiger partial charge in [-0.3, -0.25) is 4.57 Å². The molecule has 0 radical (unpaired) electrons. The largest absolute Gasteiger partial charge is 0.422 e. The van der Waals surface area contributed by atoms with Gasteiger partial charge < -0.3 is 4.42 Å². The first-order valence-corrected chi connectivity index (χ1v) is 9.62. The van der Waals surface area contributed by atoms with Gasteiger partial charge in [0.1, 0.15) is 0 Å². The highest BCUT2D eigenvalue weighted by atomic mass is 32.2. The van der Waals surface area contributed by atoms with E-state index >= 15 is 0 Å². The van der Waals surface area contributed by atoms with E-state index in [2.05, 4.69) is 9.14 Å². The molecule has 26 heavy (non-hydrogen) atoms. The van der Waals surface area contributed by atoms with E-state index in [-0.39, 0.29) is 16.8 Å². The maximum atomic E-state index is 12.5. The number of hydrogen-bond acceptors (Lipinski definition) is 5. The second-order valence-electron chi connectivity index (χ2n) is 5.71. The minimum absolute atomic E-state index is 0.0494. The highest BCUT2D eigenvalue weighted by Crippen LogP contribution is 2.16. The van der Waals surface area contributed by atoms with Crippen LogP contribution in [0.4, 0.5) is 0 Å². The smallest absolute Gasteiger partial charge is 0.372 e. The number of hydrogen-bond donors (Lipinski definition) is 1. The Bertz CT molecular complexity index is 1150. The molecule has 0 saturated heterocycles. The molecule has 0 amide bonds. The highest BCUT2D eigenvalue weighted by Gasteiger charge is 2.17. The molecule has 3 aromatic rings. The summed E-state index contributed by atoms with van der Waals surface area (Å²) < 4.78 is 33.4. The van der Waals surface area contributed by atoms with Crippen molar-refractivity contribution in [3.05, 3.63) is 75.1 Å². The minimum atomic E-state index is -3.79. The van der Waals surface area contributed by atoms with Crippen LogP contribution in [0, 0.1) is 0 Å². The fourth-order valence-corrected chi connectivity index (χ4v) is 3.78. The SMILES string of the molecule is CCn1c(=O)oc(=O)c2cc(S(=O)(=O)NCCc3ccccc3)ccc21. The lowest BCUT2D eigenvalue weighted by molar-refractivity contribution is 0.421. The fraction of sp³-hybridized carbons (Fsp3) is 0.222. The molecule has 0 atom stereocenters. The van der Waals surface area contributed by atoms with Crippen molar-refractivity contribution in [3.63, 3.8) is 0 Å². The van der Waals surface area contributed by atoms with Gasteiger partial charge in [-0.05, 0) is 37.1 Å². The Morgan fingerprint density at radius 2 is 1.81 bits per heavy atom. The molecular formula is C18H18N2O5S. The number of rotatable bonds is 6. The molecule has 0 saturated carbocycles. The van der Waals surface area contributed by atoms with Crippen molar-refractivity contribution in [2.75, 3.05) is 6.54 Å². The van der Waals surface area contributed by atoms with Crippen LogP contribution in [0.25, 0.3) is 10.9 Å². The molecule has 8 heteroatoms. The number of aryl methyl sites for hydroxylation is 1. The number of fused-ring (bicyclic) bond motifs is 1. The Hall–Kier alpha value is -2.71. The van der Waals surface area contributed by atoms with E-state index in [4.69, 9.17) is 0 Å². The Kier molecular flexibility index (Phi) is 5.06. The topological polar surface area (TPSA) is 98.4 Å². The molecule has 0 unspecified atom stereocenters. The summed E-state index contributed by atoms with van der Waals surface area (Å²) in [7, 11) is -3.79. The first-order chi connectivity index (χ1) is 12.4. The van der Waals surface area contributed by atoms with Crippen LogP contribution in [0.5, 0.6) is 0 Å². The van der Waals surface area contributed by atoms with E-state index in [0.29, 0.717) is 18.5 Å². The quantitative estimate of drug-likeness (QED) is 0.705. The molecular weight excluding hydrogens is 356 g/mol. The zero-order chi connectivity index (χ0) is 18.7. The monoisotopic (exact) mass is 374 g/mol. The molecule has 0 fully saturated rings. The zero-order valence-corrected chi connectivity index (χ0v) is 15.0. The van der Waals surface area contributed by atoms with Gasteiger partial charge in [-0.1, -0.05) is 30.3 Å². The van der Waals surface area contributed by atoms with Crippen LogP contribution < -0.4 is 16.1 Å². The normalized spacial score (nSPS) is 11.7. The van der Waals surface area contributed by atoms with E-state index in [1.807, 2.05) is 30.3 Å². The van der Waals surface area contributed by atoms with Crippen LogP contribution >= 0.6 is 0 Å². The summed E-state index contributed by atoms with van der Waals surface area (Å²) in [6, 6.07) is 13.6. The van der Waals surface area contributed by atoms with Crippen LogP contribution in [-0.2, 0) is 23.0 Å². The number of aromatic nitrogens is 1. The van der Waals surface area contributed by atoms with Crippen LogP contribution in [0.15, 0.2) is 67.4 Å². The Morgan fingerprint density at radius 1 is 1.08 bits per heavy atom. The van der Waals surface area contributed by atoms with Crippen molar-refractivity contribution in [1.29, 1.82) is 0 Å². The Balaban J connectivity index is 1.89. The molecule has 7 nitrogen and oxygen atoms in total. The zero-order valence-electron chi connectivity index (χ0n) is 14.1. The number of nitrogens with zero attached hydrogens (tertiary/aromatic N) is 1. The molecule has 0 aliphatic carbocycles. The summed E-state index contributed by atoms with van der Waals surface area (Å²) >= 11 is 0. The molecule has 0 aliphatic heterocycles. The molecule has 1 heterocycles. The van der Waals surface area contributed by atoms with Crippen LogP contribution in [0.3, 0.4) is 0 Å². The molecule has 1 N–H and O–H groups in total. The lowest BCUT2D eigenvalue weighted by Crippen LogP contribution is -2.27. The Labute approximate surface area is 149 Å². The summed E-state index contributed by atoms with van der Waals surface area (Å²) in [4.78, 5) is 23.6. The predicted octanol–water partition coefficient (Wildman–Crippen LogP) is 1.50. The van der Waals surface area contributed by atoms with Gasteiger partial charge in [0.25, 0.3) is 0 Å². The van der Waals surface area contributed by atoms with Gasteiger partial charge in [-0.15, -0.1) is 0 Å². The lowest BCUT2D eigenvalue weighted by atomic mass is 10.2. The third-order valence-corrected chi connectivity index (χ3v) is 5.51. The van der Waals surface area contributed by atoms with E-state index in [9.17, 15) is 18.0 Å². The maximum absolute atomic E-state index is 12.5. The third-order valence-electron chi connectivity index (χ3n) is 4.05. The summed E-state index contributed by atoms with van der Waals surface area (Å²) in [6.07, 6.45) is 0.547. The average molecular weight is 374 g/mol. The molecule has 2 aromatic carbocycles. The molecule has 1 aromatic heterocycles. The van der Waals surface area contributed by atoms with Crippen LogP contribution in [-0.4, -0.2) is 19.5 Å². The predicted molar refractivity (Wildman–Crippen MR) is 97.8 cm³/mol. The van der Waals surface area contributed by atoms with Crippen molar-refractivity contribution in [2.24, 2.45) is 0 Å². The molecule has 0 aliphatic rings. The molecule has 3 rings (SSSR count). The summed E-state index contributed by atoms with van der Waals surface area (Å²) in [5.74, 6) is -0.762. The number of benzene rings is 2. The van der Waals surface area contributed by atoms with Crippen LogP contribution in [0.2, 0.25) is 0 Å².